The van der Waals surface area contributed by atoms with Crippen molar-refractivity contribution in [2.24, 2.45) is 0 Å². The maximum atomic E-state index is 13.8. The first kappa shape index (κ1) is 25.8. The molecule has 0 aromatic heterocycles. The van der Waals surface area contributed by atoms with Crippen molar-refractivity contribution < 1.29 is 23.9 Å². The summed E-state index contributed by atoms with van der Waals surface area (Å²) in [5.41, 5.74) is 0.792. The first-order valence-electron chi connectivity index (χ1n) is 12.6. The molecule has 8 heteroatoms. The number of aryl methyl sites for hydroxylation is 1. The Morgan fingerprint density at radius 2 is 1.64 bits per heavy atom. The van der Waals surface area contributed by atoms with Gasteiger partial charge in [-0.25, -0.2) is 4.79 Å². The minimum Gasteiger partial charge on any atom is -0.468 e. The highest BCUT2D eigenvalue weighted by Gasteiger charge is 2.46. The van der Waals surface area contributed by atoms with Crippen molar-refractivity contribution in [1.29, 1.82) is 0 Å². The Bertz CT molecular complexity index is 1520. The molecule has 0 radical (unpaired) electrons. The molecule has 198 valence electrons. The number of ether oxygens (including phenoxy) is 2. The van der Waals surface area contributed by atoms with E-state index in [1.807, 2.05) is 91.9 Å². The zero-order valence-electron chi connectivity index (χ0n) is 21.6. The highest BCUT2D eigenvalue weighted by Crippen LogP contribution is 2.27. The summed E-state index contributed by atoms with van der Waals surface area (Å²) >= 11 is 0. The standard InChI is InChI=1S/C31H29N3O5/c1-20-9-8-14-25(17-20)39-28-26(27(35)33-28)32-29(36)31(2,24-16-15-22-12-6-7-13-23(22)18-24)34-30(37)38-19-21-10-4-3-5-11-21/h3-18,26,28H,19H2,1-2H3,(H,32,36)(H,33,35)(H,34,37)/t26-,28+,31-/m1/s1. The van der Waals surface area contributed by atoms with Crippen LogP contribution in [0.2, 0.25) is 0 Å². The van der Waals surface area contributed by atoms with E-state index in [9.17, 15) is 14.4 Å². The zero-order chi connectivity index (χ0) is 27.4. The number of amides is 3. The van der Waals surface area contributed by atoms with Crippen LogP contribution in [0.4, 0.5) is 4.79 Å². The Hall–Kier alpha value is -4.85. The number of alkyl carbamates (subject to hydrolysis) is 1. The lowest BCUT2D eigenvalue weighted by Crippen LogP contribution is -2.73. The molecule has 0 saturated carbocycles. The number of fused-ring (bicyclic) bond motifs is 1. The fourth-order valence-electron chi connectivity index (χ4n) is 4.44. The van der Waals surface area contributed by atoms with Crippen LogP contribution in [0.3, 0.4) is 0 Å². The highest BCUT2D eigenvalue weighted by molar-refractivity contribution is 5.98. The number of carbonyl (C=O) groups excluding carboxylic acids is 3. The molecule has 1 fully saturated rings. The van der Waals surface area contributed by atoms with Gasteiger partial charge in [0.15, 0.2) is 6.04 Å². The number of benzene rings is 4. The lowest BCUT2D eigenvalue weighted by atomic mass is 9.88. The van der Waals surface area contributed by atoms with Gasteiger partial charge in [0, 0.05) is 0 Å². The van der Waals surface area contributed by atoms with E-state index in [1.54, 1.807) is 19.1 Å². The van der Waals surface area contributed by atoms with Crippen LogP contribution in [0.15, 0.2) is 97.1 Å². The SMILES string of the molecule is Cc1cccc(O[C@@H]2NC(=O)[C@H]2NC(=O)[C@](C)(NC(=O)OCc2ccccc2)c2ccc3ccccc3c2)c1. The van der Waals surface area contributed by atoms with Gasteiger partial charge in [0.05, 0.1) is 0 Å². The van der Waals surface area contributed by atoms with Crippen molar-refractivity contribution in [2.75, 3.05) is 0 Å². The van der Waals surface area contributed by atoms with Gasteiger partial charge in [-0.05, 0) is 59.5 Å². The van der Waals surface area contributed by atoms with Crippen LogP contribution in [0, 0.1) is 6.92 Å². The van der Waals surface area contributed by atoms with E-state index in [-0.39, 0.29) is 12.5 Å². The van der Waals surface area contributed by atoms with Crippen LogP contribution >= 0.6 is 0 Å². The van der Waals surface area contributed by atoms with Gasteiger partial charge in [-0.3, -0.25) is 9.59 Å². The summed E-state index contributed by atoms with van der Waals surface area (Å²) in [6.07, 6.45) is -1.52. The number of nitrogens with one attached hydrogen (secondary N) is 3. The molecule has 5 rings (SSSR count). The smallest absolute Gasteiger partial charge is 0.408 e. The fourth-order valence-corrected chi connectivity index (χ4v) is 4.44. The Labute approximate surface area is 226 Å². The predicted molar refractivity (Wildman–Crippen MR) is 147 cm³/mol. The van der Waals surface area contributed by atoms with Crippen molar-refractivity contribution >= 4 is 28.7 Å². The van der Waals surface area contributed by atoms with Gasteiger partial charge in [-0.2, -0.15) is 0 Å². The first-order chi connectivity index (χ1) is 18.8. The van der Waals surface area contributed by atoms with Crippen LogP contribution in [-0.2, 0) is 26.5 Å². The minimum atomic E-state index is -1.55. The van der Waals surface area contributed by atoms with Crippen LogP contribution in [0.1, 0.15) is 23.6 Å². The monoisotopic (exact) mass is 523 g/mol. The van der Waals surface area contributed by atoms with Gasteiger partial charge in [-0.1, -0.05) is 78.9 Å². The molecule has 0 aliphatic carbocycles. The largest absolute Gasteiger partial charge is 0.468 e. The second kappa shape index (κ2) is 10.9. The van der Waals surface area contributed by atoms with Gasteiger partial charge in [0.25, 0.3) is 11.8 Å². The molecule has 39 heavy (non-hydrogen) atoms. The summed E-state index contributed by atoms with van der Waals surface area (Å²) in [5.74, 6) is -0.389. The zero-order valence-corrected chi connectivity index (χ0v) is 21.6. The molecule has 1 heterocycles. The topological polar surface area (TPSA) is 106 Å². The summed E-state index contributed by atoms with van der Waals surface area (Å²) in [7, 11) is 0. The Kier molecular flexibility index (Phi) is 7.19. The van der Waals surface area contributed by atoms with Gasteiger partial charge in [0.1, 0.15) is 17.9 Å². The second-order valence-corrected chi connectivity index (χ2v) is 9.69. The molecular weight excluding hydrogens is 494 g/mol. The third-order valence-electron chi connectivity index (χ3n) is 6.75. The molecule has 1 saturated heterocycles. The molecule has 4 aromatic rings. The van der Waals surface area contributed by atoms with E-state index in [2.05, 4.69) is 16.0 Å². The van der Waals surface area contributed by atoms with E-state index in [4.69, 9.17) is 9.47 Å². The van der Waals surface area contributed by atoms with E-state index >= 15 is 0 Å². The molecule has 8 nitrogen and oxygen atoms in total. The summed E-state index contributed by atoms with van der Waals surface area (Å²) in [5, 5.41) is 10.1. The second-order valence-electron chi connectivity index (χ2n) is 9.69. The lowest BCUT2D eigenvalue weighted by molar-refractivity contribution is -0.145. The Morgan fingerprint density at radius 1 is 0.897 bits per heavy atom. The van der Waals surface area contributed by atoms with Gasteiger partial charge in [0.2, 0.25) is 6.23 Å². The Morgan fingerprint density at radius 3 is 2.38 bits per heavy atom. The molecule has 0 bridgehead atoms. The third kappa shape index (κ3) is 5.70. The summed E-state index contributed by atoms with van der Waals surface area (Å²) < 4.78 is 11.3. The quantitative estimate of drug-likeness (QED) is 0.299. The number of hydrogen-bond acceptors (Lipinski definition) is 5. The van der Waals surface area contributed by atoms with Crippen molar-refractivity contribution in [3.05, 3.63) is 114 Å². The van der Waals surface area contributed by atoms with E-state index in [0.29, 0.717) is 11.3 Å². The molecule has 3 atom stereocenters. The van der Waals surface area contributed by atoms with E-state index in [0.717, 1.165) is 21.9 Å². The summed E-state index contributed by atoms with van der Waals surface area (Å²) in [6.45, 7) is 3.56. The van der Waals surface area contributed by atoms with Crippen LogP contribution in [0.25, 0.3) is 10.8 Å². The lowest BCUT2D eigenvalue weighted by Gasteiger charge is -2.39. The third-order valence-corrected chi connectivity index (χ3v) is 6.75. The summed E-state index contributed by atoms with van der Waals surface area (Å²) in [4.78, 5) is 39.2. The van der Waals surface area contributed by atoms with Crippen LogP contribution < -0.4 is 20.7 Å². The number of rotatable bonds is 8. The molecule has 4 aromatic carbocycles. The van der Waals surface area contributed by atoms with E-state index < -0.39 is 29.8 Å². The highest BCUT2D eigenvalue weighted by atomic mass is 16.5. The van der Waals surface area contributed by atoms with Gasteiger partial charge < -0.3 is 25.4 Å². The van der Waals surface area contributed by atoms with Gasteiger partial charge >= 0.3 is 6.09 Å². The molecular formula is C31H29N3O5. The van der Waals surface area contributed by atoms with Crippen molar-refractivity contribution in [3.63, 3.8) is 0 Å². The average Bonchev–Trinajstić information content (AvgIpc) is 2.94. The van der Waals surface area contributed by atoms with E-state index in [1.165, 1.54) is 0 Å². The van der Waals surface area contributed by atoms with Crippen molar-refractivity contribution in [2.45, 2.75) is 38.3 Å². The summed E-state index contributed by atoms with van der Waals surface area (Å²) in [6, 6.07) is 28.9. The maximum absolute atomic E-state index is 13.8. The minimum absolute atomic E-state index is 0.0412. The predicted octanol–water partition coefficient (Wildman–Crippen LogP) is 4.31. The number of carbonyl (C=O) groups is 3. The molecule has 1 aliphatic rings. The maximum Gasteiger partial charge on any atom is 0.408 e. The Balaban J connectivity index is 1.37. The number of hydrogen-bond donors (Lipinski definition) is 3. The molecule has 3 amide bonds. The number of β-lactam (4-membered cyclic amide) rings is 1. The van der Waals surface area contributed by atoms with Crippen molar-refractivity contribution in [3.8, 4) is 5.75 Å². The van der Waals surface area contributed by atoms with Crippen LogP contribution in [-0.4, -0.2) is 30.2 Å². The molecule has 0 unspecified atom stereocenters. The molecule has 3 N–H and O–H groups in total. The van der Waals surface area contributed by atoms with Crippen LogP contribution in [0.5, 0.6) is 5.75 Å². The molecule has 1 aliphatic heterocycles. The fraction of sp³-hybridized carbons (Fsp3) is 0.194. The normalized spacial score (nSPS) is 17.7. The molecule has 0 spiro atoms. The first-order valence-corrected chi connectivity index (χ1v) is 12.6. The average molecular weight is 524 g/mol. The van der Waals surface area contributed by atoms with Gasteiger partial charge in [-0.15, -0.1) is 0 Å². The van der Waals surface area contributed by atoms with Crippen molar-refractivity contribution in [1.82, 2.24) is 16.0 Å².